The van der Waals surface area contributed by atoms with Gasteiger partial charge in [-0.1, -0.05) is 46.9 Å². The van der Waals surface area contributed by atoms with E-state index in [4.69, 9.17) is 50.0 Å². The number of hydrogen-bond acceptors (Lipinski definition) is 8. The molecular weight excluding hydrogens is 629 g/mol. The molecule has 0 aliphatic carbocycles. The maximum atomic E-state index is 13.1. The summed E-state index contributed by atoms with van der Waals surface area (Å²) < 4.78 is 11.8. The summed E-state index contributed by atoms with van der Waals surface area (Å²) in [6.45, 7) is -0.182. The van der Waals surface area contributed by atoms with Crippen LogP contribution in [-0.2, 0) is 14.4 Å². The van der Waals surface area contributed by atoms with Crippen molar-refractivity contribution in [2.45, 2.75) is 17.5 Å². The molecule has 0 radical (unpaired) electrons. The number of amides is 2. The van der Waals surface area contributed by atoms with Gasteiger partial charge in [0.1, 0.15) is 41.3 Å². The number of rotatable bonds is 9. The van der Waals surface area contributed by atoms with Gasteiger partial charge in [0, 0.05) is 27.4 Å². The molecular formula is C28H22Cl3N3O7S. The van der Waals surface area contributed by atoms with Crippen LogP contribution in [0, 0.1) is 0 Å². The quantitative estimate of drug-likeness (QED) is 0.236. The lowest BCUT2D eigenvalue weighted by Crippen LogP contribution is -2.71. The Morgan fingerprint density at radius 2 is 1.69 bits per heavy atom. The summed E-state index contributed by atoms with van der Waals surface area (Å²) in [5.41, 5.74) is 6.60. The largest absolute Gasteiger partial charge is 0.508 e. The standard InChI is InChI=1S/C28H22Cl3N3O7S/c29-15-3-7-19(18(31)9-15)41-20-8-4-16(30)10-21(20)40-11-14-12-42-27-23(26(37)34(27)24(14)28(38)39)33-25(36)22(32)13-1-5-17(35)6-2-13/h1-10,22-23,27,35H,11-12,32H2,(H,33,36)(H,38,39)/t22-,23-,27-/m1/s1. The molecule has 10 nitrogen and oxygen atoms in total. The molecule has 14 heteroatoms. The average molecular weight is 651 g/mol. The van der Waals surface area contributed by atoms with Gasteiger partial charge in [-0.05, 0) is 48.0 Å². The Labute approximate surface area is 258 Å². The number of β-lactam (4-membered cyclic amide) rings is 1. The topological polar surface area (TPSA) is 151 Å². The molecule has 0 unspecified atom stereocenters. The molecule has 3 aromatic rings. The molecule has 3 atom stereocenters. The van der Waals surface area contributed by atoms with Gasteiger partial charge in [0.25, 0.3) is 5.91 Å². The Morgan fingerprint density at radius 3 is 2.36 bits per heavy atom. The first kappa shape index (κ1) is 29.9. The molecule has 2 heterocycles. The van der Waals surface area contributed by atoms with Gasteiger partial charge in [-0.2, -0.15) is 0 Å². The molecule has 0 bridgehead atoms. The fourth-order valence-electron chi connectivity index (χ4n) is 4.39. The first-order chi connectivity index (χ1) is 20.0. The number of nitrogens with zero attached hydrogens (tertiary/aromatic N) is 1. The molecule has 1 fully saturated rings. The fraction of sp³-hybridized carbons (Fsp3) is 0.179. The van der Waals surface area contributed by atoms with Gasteiger partial charge >= 0.3 is 5.97 Å². The minimum absolute atomic E-state index is 0.0209. The van der Waals surface area contributed by atoms with Crippen LogP contribution >= 0.6 is 46.6 Å². The number of carboxylic acid groups (broad SMARTS) is 1. The van der Waals surface area contributed by atoms with Crippen molar-refractivity contribution in [3.05, 3.63) is 92.6 Å². The number of aliphatic carboxylic acids is 1. The lowest BCUT2D eigenvalue weighted by molar-refractivity contribution is -0.151. The van der Waals surface area contributed by atoms with Crippen molar-refractivity contribution in [2.75, 3.05) is 12.4 Å². The van der Waals surface area contributed by atoms with E-state index in [1.807, 2.05) is 0 Å². The number of aromatic hydroxyl groups is 1. The van der Waals surface area contributed by atoms with Crippen LogP contribution in [0.3, 0.4) is 0 Å². The summed E-state index contributed by atoms with van der Waals surface area (Å²) in [5.74, 6) is -1.45. The third-order valence-corrected chi connectivity index (χ3v) is 8.61. The molecule has 218 valence electrons. The normalized spacial score (nSPS) is 18.6. The molecule has 0 saturated carbocycles. The van der Waals surface area contributed by atoms with Crippen LogP contribution in [0.2, 0.25) is 15.1 Å². The lowest BCUT2D eigenvalue weighted by Gasteiger charge is -2.49. The molecule has 5 N–H and O–H groups in total. The summed E-state index contributed by atoms with van der Waals surface area (Å²) in [6, 6.07) is 13.2. The number of phenolic OH excluding ortho intramolecular Hbond substituents is 1. The van der Waals surface area contributed by atoms with E-state index in [1.165, 1.54) is 48.2 Å². The summed E-state index contributed by atoms with van der Waals surface area (Å²) >= 11 is 19.6. The van der Waals surface area contributed by atoms with Crippen molar-refractivity contribution in [2.24, 2.45) is 5.73 Å². The summed E-state index contributed by atoms with van der Waals surface area (Å²) in [6.07, 6.45) is 0. The third kappa shape index (κ3) is 6.11. The van der Waals surface area contributed by atoms with Crippen molar-refractivity contribution in [3.8, 4) is 23.0 Å². The van der Waals surface area contributed by atoms with Crippen molar-refractivity contribution in [1.29, 1.82) is 0 Å². The molecule has 42 heavy (non-hydrogen) atoms. The number of nitrogens with one attached hydrogen (secondary N) is 1. The van der Waals surface area contributed by atoms with Crippen LogP contribution in [0.25, 0.3) is 0 Å². The van der Waals surface area contributed by atoms with Gasteiger partial charge in [0.2, 0.25) is 5.91 Å². The second-order valence-corrected chi connectivity index (χ2v) is 11.7. The lowest BCUT2D eigenvalue weighted by atomic mass is 10.0. The maximum Gasteiger partial charge on any atom is 0.352 e. The Morgan fingerprint density at radius 1 is 1.02 bits per heavy atom. The number of thioether (sulfide) groups is 1. The zero-order valence-corrected chi connectivity index (χ0v) is 24.5. The summed E-state index contributed by atoms with van der Waals surface area (Å²) in [7, 11) is 0. The van der Waals surface area contributed by atoms with Crippen LogP contribution in [0.15, 0.2) is 71.9 Å². The van der Waals surface area contributed by atoms with Crippen LogP contribution in [0.4, 0.5) is 0 Å². The number of benzene rings is 3. The number of hydrogen-bond donors (Lipinski definition) is 4. The highest BCUT2D eigenvalue weighted by Crippen LogP contribution is 2.42. The number of ether oxygens (including phenoxy) is 2. The Balaban J connectivity index is 1.30. The van der Waals surface area contributed by atoms with Gasteiger partial charge in [0.15, 0.2) is 11.5 Å². The number of nitrogens with two attached hydrogens (primary N) is 1. The van der Waals surface area contributed by atoms with E-state index in [1.54, 1.807) is 24.3 Å². The maximum absolute atomic E-state index is 13.1. The van der Waals surface area contributed by atoms with Crippen molar-refractivity contribution >= 4 is 64.3 Å². The third-order valence-electron chi connectivity index (χ3n) is 6.50. The number of carbonyl (C=O) groups is 3. The Bertz CT molecular complexity index is 1600. The SMILES string of the molecule is N[C@@H](C(=O)N[C@@H]1C(=O)N2C(C(=O)O)=C(COc3cc(Cl)ccc3Oc3ccc(Cl)cc3Cl)CS[C@H]12)c1ccc(O)cc1. The number of phenols is 1. The molecule has 2 aliphatic heterocycles. The van der Waals surface area contributed by atoms with E-state index in [0.717, 1.165) is 4.90 Å². The number of halogens is 3. The zero-order valence-electron chi connectivity index (χ0n) is 21.4. The van der Waals surface area contributed by atoms with E-state index < -0.39 is 35.2 Å². The predicted molar refractivity (Wildman–Crippen MR) is 158 cm³/mol. The minimum atomic E-state index is -1.31. The molecule has 1 saturated heterocycles. The number of carboxylic acids is 1. The van der Waals surface area contributed by atoms with Gasteiger partial charge in [-0.3, -0.25) is 14.5 Å². The van der Waals surface area contributed by atoms with E-state index in [0.29, 0.717) is 26.9 Å². The predicted octanol–water partition coefficient (Wildman–Crippen LogP) is 4.96. The summed E-state index contributed by atoms with van der Waals surface area (Å²) in [5, 5.41) is 22.5. The molecule has 0 spiro atoms. The van der Waals surface area contributed by atoms with Gasteiger partial charge in [-0.25, -0.2) is 4.79 Å². The van der Waals surface area contributed by atoms with Crippen LogP contribution in [-0.4, -0.2) is 56.7 Å². The van der Waals surface area contributed by atoms with Gasteiger partial charge in [-0.15, -0.1) is 11.8 Å². The van der Waals surface area contributed by atoms with Gasteiger partial charge < -0.3 is 30.7 Å². The monoisotopic (exact) mass is 649 g/mol. The van der Waals surface area contributed by atoms with E-state index in [-0.39, 0.29) is 40.3 Å². The Kier molecular flexibility index (Phi) is 8.76. The van der Waals surface area contributed by atoms with Crippen molar-refractivity contribution < 1.29 is 34.1 Å². The highest BCUT2D eigenvalue weighted by molar-refractivity contribution is 8.00. The van der Waals surface area contributed by atoms with Crippen LogP contribution < -0.4 is 20.5 Å². The molecule has 5 rings (SSSR count). The zero-order chi connectivity index (χ0) is 30.1. The number of fused-ring (bicyclic) bond motifs is 1. The molecule has 2 amide bonds. The fourth-order valence-corrected chi connectivity index (χ4v) is 6.33. The van der Waals surface area contributed by atoms with E-state index >= 15 is 0 Å². The second kappa shape index (κ2) is 12.3. The van der Waals surface area contributed by atoms with E-state index in [2.05, 4.69) is 5.32 Å². The second-order valence-electron chi connectivity index (χ2n) is 9.28. The highest BCUT2D eigenvalue weighted by Gasteiger charge is 2.54. The number of carbonyl (C=O) groups excluding carboxylic acids is 2. The highest BCUT2D eigenvalue weighted by atomic mass is 35.5. The van der Waals surface area contributed by atoms with Crippen molar-refractivity contribution in [3.63, 3.8) is 0 Å². The van der Waals surface area contributed by atoms with Gasteiger partial charge in [0.05, 0.1) is 5.02 Å². The van der Waals surface area contributed by atoms with Crippen LogP contribution in [0.1, 0.15) is 11.6 Å². The molecule has 2 aliphatic rings. The minimum Gasteiger partial charge on any atom is -0.508 e. The molecule has 3 aromatic carbocycles. The Hall–Kier alpha value is -3.61. The summed E-state index contributed by atoms with van der Waals surface area (Å²) in [4.78, 5) is 39.2. The first-order valence-electron chi connectivity index (χ1n) is 12.3. The smallest absolute Gasteiger partial charge is 0.352 e. The molecule has 0 aromatic heterocycles. The van der Waals surface area contributed by atoms with Crippen molar-refractivity contribution in [1.82, 2.24) is 10.2 Å². The van der Waals surface area contributed by atoms with E-state index in [9.17, 15) is 24.6 Å². The first-order valence-corrected chi connectivity index (χ1v) is 14.5. The average Bonchev–Trinajstić information content (AvgIpc) is 2.96. The van der Waals surface area contributed by atoms with Crippen LogP contribution in [0.5, 0.6) is 23.0 Å².